The maximum Gasteiger partial charge on any atom is 0.325 e. The van der Waals surface area contributed by atoms with Gasteiger partial charge < -0.3 is 14.6 Å². The number of hydrogen-bond acceptors (Lipinski definition) is 6. The topological polar surface area (TPSA) is 94.3 Å². The molecule has 0 atom stereocenters. The second-order valence-electron chi connectivity index (χ2n) is 5.38. The molecule has 0 radical (unpaired) electrons. The first-order chi connectivity index (χ1) is 13.0. The second-order valence-corrected chi connectivity index (χ2v) is 7.21. The lowest BCUT2D eigenvalue weighted by atomic mass is 10.2. The summed E-state index contributed by atoms with van der Waals surface area (Å²) in [5.74, 6) is -0.425. The summed E-state index contributed by atoms with van der Waals surface area (Å²) in [4.78, 5) is 28.0. The van der Waals surface area contributed by atoms with Gasteiger partial charge in [0.05, 0.1) is 0 Å². The van der Waals surface area contributed by atoms with E-state index >= 15 is 0 Å². The van der Waals surface area contributed by atoms with Gasteiger partial charge >= 0.3 is 5.97 Å². The van der Waals surface area contributed by atoms with Crippen LogP contribution in [0.25, 0.3) is 11.4 Å². The van der Waals surface area contributed by atoms with Crippen LogP contribution in [-0.2, 0) is 16.1 Å². The lowest BCUT2D eigenvalue weighted by Crippen LogP contribution is -2.30. The molecular weight excluding hydrogens is 482 g/mol. The van der Waals surface area contributed by atoms with Crippen molar-refractivity contribution >= 4 is 43.7 Å². The number of ether oxygens (including phenoxy) is 1. The highest BCUT2D eigenvalue weighted by Crippen LogP contribution is 2.20. The van der Waals surface area contributed by atoms with E-state index in [9.17, 15) is 9.59 Å². The molecule has 1 amide bonds. The number of carbonyl (C=O) groups excluding carboxylic acids is 2. The highest BCUT2D eigenvalue weighted by molar-refractivity contribution is 9.10. The van der Waals surface area contributed by atoms with Crippen molar-refractivity contribution in [1.29, 1.82) is 0 Å². The summed E-state index contributed by atoms with van der Waals surface area (Å²) in [6.45, 7) is -0.440. The fraction of sp³-hybridized carbons (Fsp3) is 0.111. The number of nitrogens with one attached hydrogen (secondary N) is 1. The molecule has 0 saturated carbocycles. The largest absolute Gasteiger partial charge is 0.454 e. The van der Waals surface area contributed by atoms with Gasteiger partial charge in [0.15, 0.2) is 6.61 Å². The van der Waals surface area contributed by atoms with E-state index < -0.39 is 5.97 Å². The average molecular weight is 495 g/mol. The molecule has 0 saturated heterocycles. The summed E-state index contributed by atoms with van der Waals surface area (Å²) < 4.78 is 11.8. The third kappa shape index (κ3) is 5.48. The predicted molar refractivity (Wildman–Crippen MR) is 104 cm³/mol. The first-order valence-electron chi connectivity index (χ1n) is 7.79. The quantitative estimate of drug-likeness (QED) is 0.524. The van der Waals surface area contributed by atoms with E-state index in [1.165, 1.54) is 0 Å². The Bertz CT molecular complexity index is 975. The van der Waals surface area contributed by atoms with Crippen molar-refractivity contribution in [2.45, 2.75) is 6.61 Å². The molecule has 0 bridgehead atoms. The van der Waals surface area contributed by atoms with Crippen LogP contribution in [0.5, 0.6) is 0 Å². The Morgan fingerprint density at radius 2 is 1.81 bits per heavy atom. The lowest BCUT2D eigenvalue weighted by molar-refractivity contribution is -0.144. The molecule has 27 heavy (non-hydrogen) atoms. The molecule has 2 aromatic carbocycles. The molecule has 0 spiro atoms. The molecule has 0 aliphatic carbocycles. The van der Waals surface area contributed by atoms with Gasteiger partial charge in [-0.25, -0.2) is 0 Å². The molecule has 3 aromatic rings. The zero-order valence-electron chi connectivity index (χ0n) is 13.8. The van der Waals surface area contributed by atoms with Crippen LogP contribution in [0.2, 0.25) is 0 Å². The van der Waals surface area contributed by atoms with E-state index in [0.29, 0.717) is 11.4 Å². The Balaban J connectivity index is 1.49. The van der Waals surface area contributed by atoms with Crippen molar-refractivity contribution in [2.24, 2.45) is 0 Å². The van der Waals surface area contributed by atoms with Crippen molar-refractivity contribution in [3.8, 4) is 11.4 Å². The minimum atomic E-state index is -0.611. The van der Waals surface area contributed by atoms with Gasteiger partial charge in [-0.3, -0.25) is 9.59 Å². The van der Waals surface area contributed by atoms with Crippen LogP contribution in [0.3, 0.4) is 0 Å². The van der Waals surface area contributed by atoms with Gasteiger partial charge in [-0.2, -0.15) is 4.98 Å². The van der Waals surface area contributed by atoms with Crippen LogP contribution in [0.1, 0.15) is 16.2 Å². The summed E-state index contributed by atoms with van der Waals surface area (Å²) in [5, 5.41) is 6.35. The first kappa shape index (κ1) is 19.2. The zero-order chi connectivity index (χ0) is 19.2. The van der Waals surface area contributed by atoms with Crippen molar-refractivity contribution < 1.29 is 18.8 Å². The number of amides is 1. The fourth-order valence-electron chi connectivity index (χ4n) is 2.14. The van der Waals surface area contributed by atoms with Gasteiger partial charge in [-0.05, 0) is 30.3 Å². The van der Waals surface area contributed by atoms with Crippen molar-refractivity contribution in [3.05, 3.63) is 68.9 Å². The standard InChI is InChI=1S/C18H13Br2N3O4/c19-13-5-1-3-11(7-13)17-22-15(27-23-17)10-26-16(24)9-21-18(25)12-4-2-6-14(20)8-12/h1-8H,9-10H2,(H,21,25). The molecule has 1 aromatic heterocycles. The van der Waals surface area contributed by atoms with Crippen LogP contribution in [0.15, 0.2) is 62.0 Å². The van der Waals surface area contributed by atoms with Gasteiger partial charge in [0.25, 0.3) is 11.8 Å². The van der Waals surface area contributed by atoms with Crippen molar-refractivity contribution in [2.75, 3.05) is 6.54 Å². The second kappa shape index (κ2) is 8.92. The summed E-state index contributed by atoms with van der Waals surface area (Å²) >= 11 is 6.66. The third-order valence-electron chi connectivity index (χ3n) is 3.39. The number of aromatic nitrogens is 2. The smallest absolute Gasteiger partial charge is 0.325 e. The Labute approximate surface area is 171 Å². The summed E-state index contributed by atoms with van der Waals surface area (Å²) in [5.41, 5.74) is 1.21. The van der Waals surface area contributed by atoms with E-state index in [0.717, 1.165) is 14.5 Å². The Kier molecular flexibility index (Phi) is 6.36. The molecule has 0 unspecified atom stereocenters. The van der Waals surface area contributed by atoms with Crippen LogP contribution >= 0.6 is 31.9 Å². The van der Waals surface area contributed by atoms with Gasteiger partial charge in [-0.1, -0.05) is 55.2 Å². The molecule has 138 valence electrons. The van der Waals surface area contributed by atoms with Crippen LogP contribution < -0.4 is 5.32 Å². The monoisotopic (exact) mass is 493 g/mol. The predicted octanol–water partition coefficient (Wildman–Crippen LogP) is 3.73. The van der Waals surface area contributed by atoms with Gasteiger partial charge in [-0.15, -0.1) is 0 Å². The van der Waals surface area contributed by atoms with E-state index in [-0.39, 0.29) is 24.9 Å². The molecule has 9 heteroatoms. The van der Waals surface area contributed by atoms with Gasteiger partial charge in [0.2, 0.25) is 5.82 Å². The maximum absolute atomic E-state index is 12.0. The van der Waals surface area contributed by atoms with Gasteiger partial charge in [0.1, 0.15) is 6.54 Å². The van der Waals surface area contributed by atoms with Crippen molar-refractivity contribution in [1.82, 2.24) is 15.5 Å². The Morgan fingerprint density at radius 1 is 1.07 bits per heavy atom. The number of benzene rings is 2. The van der Waals surface area contributed by atoms with E-state index in [4.69, 9.17) is 9.26 Å². The number of carbonyl (C=O) groups is 2. The molecule has 0 aliphatic rings. The summed E-state index contributed by atoms with van der Waals surface area (Å²) in [6.07, 6.45) is 0. The average Bonchev–Trinajstić information content (AvgIpc) is 3.13. The Hall–Kier alpha value is -2.52. The molecule has 0 fully saturated rings. The first-order valence-corrected chi connectivity index (χ1v) is 9.38. The van der Waals surface area contributed by atoms with E-state index in [2.05, 4.69) is 47.3 Å². The minimum absolute atomic E-state index is 0.164. The van der Waals surface area contributed by atoms with Gasteiger partial charge in [0, 0.05) is 20.1 Å². The minimum Gasteiger partial charge on any atom is -0.454 e. The van der Waals surface area contributed by atoms with Crippen LogP contribution in [0, 0.1) is 0 Å². The number of halogens is 2. The highest BCUT2D eigenvalue weighted by atomic mass is 79.9. The molecular formula is C18H13Br2N3O4. The molecule has 7 nitrogen and oxygen atoms in total. The van der Waals surface area contributed by atoms with E-state index in [1.807, 2.05) is 24.3 Å². The third-order valence-corrected chi connectivity index (χ3v) is 4.37. The summed E-state index contributed by atoms with van der Waals surface area (Å²) in [6, 6.07) is 14.3. The fourth-order valence-corrected chi connectivity index (χ4v) is 2.93. The Morgan fingerprint density at radius 3 is 2.56 bits per heavy atom. The number of hydrogen-bond donors (Lipinski definition) is 1. The number of nitrogens with zero attached hydrogens (tertiary/aromatic N) is 2. The molecule has 1 N–H and O–H groups in total. The summed E-state index contributed by atoms with van der Waals surface area (Å²) in [7, 11) is 0. The highest BCUT2D eigenvalue weighted by Gasteiger charge is 2.13. The van der Waals surface area contributed by atoms with Crippen LogP contribution in [-0.4, -0.2) is 28.6 Å². The SMILES string of the molecule is O=C(CNC(=O)c1cccc(Br)c1)OCc1nc(-c2cccc(Br)c2)no1. The maximum atomic E-state index is 12.0. The number of rotatable bonds is 6. The zero-order valence-corrected chi connectivity index (χ0v) is 17.0. The molecule has 1 heterocycles. The molecule has 3 rings (SSSR count). The van der Waals surface area contributed by atoms with Crippen molar-refractivity contribution in [3.63, 3.8) is 0 Å². The normalized spacial score (nSPS) is 10.4. The van der Waals surface area contributed by atoms with E-state index in [1.54, 1.807) is 24.3 Å². The lowest BCUT2D eigenvalue weighted by Gasteiger charge is -2.05. The molecule has 0 aliphatic heterocycles. The van der Waals surface area contributed by atoms with Crippen LogP contribution in [0.4, 0.5) is 0 Å². The number of esters is 1.